The molecule has 12 nitrogen and oxygen atoms in total. The molecule has 2 saturated heterocycles. The van der Waals surface area contributed by atoms with Crippen molar-refractivity contribution in [3.05, 3.63) is 48.3 Å². The number of carbonyl (C=O) groups excluding carboxylic acids is 2. The number of amides is 2. The average Bonchev–Trinajstić information content (AvgIpc) is 3.81. The molecule has 0 radical (unpaired) electrons. The van der Waals surface area contributed by atoms with Gasteiger partial charge in [0.05, 0.1) is 25.6 Å². The molecule has 228 valence electrons. The van der Waals surface area contributed by atoms with E-state index in [-0.39, 0.29) is 13.1 Å². The Hall–Kier alpha value is -3.06. The van der Waals surface area contributed by atoms with E-state index in [1.807, 2.05) is 0 Å². The molecule has 0 aromatic carbocycles. The molecule has 4 heterocycles. The van der Waals surface area contributed by atoms with Crippen molar-refractivity contribution in [3.63, 3.8) is 0 Å². The summed E-state index contributed by atoms with van der Waals surface area (Å²) < 4.78 is 49.5. The van der Waals surface area contributed by atoms with E-state index in [4.69, 9.17) is 37.3 Å². The summed E-state index contributed by atoms with van der Waals surface area (Å²) in [6.07, 6.45) is 6.07. The van der Waals surface area contributed by atoms with E-state index < -0.39 is 60.4 Å². The van der Waals surface area contributed by atoms with Crippen LogP contribution in [0.25, 0.3) is 0 Å². The number of carbonyl (C=O) groups is 2. The van der Waals surface area contributed by atoms with Gasteiger partial charge in [0.15, 0.2) is 23.8 Å². The minimum absolute atomic E-state index is 0.172. The standard InChI is InChI=1S/C30H38N2O10/c33-27(31-17-19-9-7-15-35-19)37-21-23-24(40-29(39-23)11-3-1-4-12-29)22(38-28(34)32-18-20-10-8-16-36-20)26-25(21)41-30(42-26)13-5-2-6-14-30/h7-10,15-16,21-26H,1-6,11-14,17-18H2,(H,31,33)(H,32,34)/t21?,22?,23-,24-,25-,26+/m0/s1. The molecular weight excluding hydrogens is 548 g/mol. The van der Waals surface area contributed by atoms with Gasteiger partial charge in [0, 0.05) is 25.7 Å². The lowest BCUT2D eigenvalue weighted by Gasteiger charge is -2.41. The molecule has 2 unspecified atom stereocenters. The molecule has 5 aliphatic rings. The average molecular weight is 587 g/mol. The molecule has 0 bridgehead atoms. The largest absolute Gasteiger partial charge is 0.467 e. The van der Waals surface area contributed by atoms with Crippen LogP contribution in [0.2, 0.25) is 0 Å². The maximum atomic E-state index is 13.1. The second-order valence-electron chi connectivity index (χ2n) is 11.9. The van der Waals surface area contributed by atoms with Crippen LogP contribution in [-0.4, -0.2) is 60.4 Å². The van der Waals surface area contributed by atoms with Gasteiger partial charge in [-0.3, -0.25) is 0 Å². The molecule has 3 saturated carbocycles. The fourth-order valence-electron chi connectivity index (χ4n) is 7.10. The summed E-state index contributed by atoms with van der Waals surface area (Å²) in [6.45, 7) is 0.343. The van der Waals surface area contributed by atoms with Crippen LogP contribution < -0.4 is 10.6 Å². The maximum absolute atomic E-state index is 13.1. The Labute approximate surface area is 243 Å². The van der Waals surface area contributed by atoms with Gasteiger partial charge in [0.1, 0.15) is 35.9 Å². The van der Waals surface area contributed by atoms with Gasteiger partial charge in [-0.2, -0.15) is 0 Å². The number of hydrogen-bond acceptors (Lipinski definition) is 10. The topological polar surface area (TPSA) is 140 Å². The Morgan fingerprint density at radius 3 is 1.36 bits per heavy atom. The molecule has 2 aromatic heterocycles. The third-order valence-electron chi connectivity index (χ3n) is 9.04. The van der Waals surface area contributed by atoms with Crippen LogP contribution in [-0.2, 0) is 41.5 Å². The van der Waals surface area contributed by atoms with E-state index in [2.05, 4.69) is 10.6 Å². The summed E-state index contributed by atoms with van der Waals surface area (Å²) in [5, 5.41) is 5.51. The zero-order valence-electron chi connectivity index (χ0n) is 23.5. The summed E-state index contributed by atoms with van der Waals surface area (Å²) in [5.41, 5.74) is 0. The van der Waals surface area contributed by atoms with E-state index in [1.165, 1.54) is 0 Å². The van der Waals surface area contributed by atoms with Gasteiger partial charge in [-0.05, 0) is 49.9 Å². The lowest BCUT2D eigenvalue weighted by molar-refractivity contribution is -0.223. The van der Waals surface area contributed by atoms with Gasteiger partial charge in [-0.15, -0.1) is 0 Å². The number of rotatable bonds is 6. The normalized spacial score (nSPS) is 32.7. The second-order valence-corrected chi connectivity index (χ2v) is 11.9. The third-order valence-corrected chi connectivity index (χ3v) is 9.04. The van der Waals surface area contributed by atoms with Crippen LogP contribution >= 0.6 is 0 Å². The first kappa shape index (κ1) is 27.8. The molecule has 6 atom stereocenters. The fraction of sp³-hybridized carbons (Fsp3) is 0.667. The highest BCUT2D eigenvalue weighted by Crippen LogP contribution is 2.52. The van der Waals surface area contributed by atoms with Crippen molar-refractivity contribution < 1.29 is 46.8 Å². The molecule has 2 aromatic rings. The van der Waals surface area contributed by atoms with Gasteiger partial charge < -0.3 is 47.9 Å². The molecule has 2 N–H and O–H groups in total. The summed E-state index contributed by atoms with van der Waals surface area (Å²) in [5.74, 6) is -0.479. The van der Waals surface area contributed by atoms with Crippen LogP contribution in [0.3, 0.4) is 0 Å². The van der Waals surface area contributed by atoms with E-state index in [0.717, 1.165) is 38.5 Å². The number of furan rings is 2. The van der Waals surface area contributed by atoms with Crippen molar-refractivity contribution in [2.24, 2.45) is 0 Å². The first-order valence-electron chi connectivity index (χ1n) is 15.2. The number of fused-ring (bicyclic) bond motifs is 2. The molecule has 42 heavy (non-hydrogen) atoms. The van der Waals surface area contributed by atoms with Crippen LogP contribution in [0.5, 0.6) is 0 Å². The zero-order chi connectivity index (χ0) is 28.6. The summed E-state index contributed by atoms with van der Waals surface area (Å²) in [6, 6.07) is 7.05. The first-order valence-corrected chi connectivity index (χ1v) is 15.2. The minimum atomic E-state index is -0.842. The Morgan fingerprint density at radius 2 is 1.02 bits per heavy atom. The van der Waals surface area contributed by atoms with Crippen molar-refractivity contribution in [2.75, 3.05) is 0 Å². The van der Waals surface area contributed by atoms with Gasteiger partial charge in [-0.25, -0.2) is 9.59 Å². The molecule has 2 aliphatic heterocycles. The van der Waals surface area contributed by atoms with Gasteiger partial charge >= 0.3 is 12.2 Å². The van der Waals surface area contributed by atoms with Gasteiger partial charge in [-0.1, -0.05) is 12.8 Å². The highest BCUT2D eigenvalue weighted by atomic mass is 16.8. The lowest BCUT2D eigenvalue weighted by atomic mass is 9.84. The monoisotopic (exact) mass is 586 g/mol. The van der Waals surface area contributed by atoms with Crippen LogP contribution in [0.15, 0.2) is 45.6 Å². The van der Waals surface area contributed by atoms with Crippen molar-refractivity contribution in [2.45, 2.75) is 125 Å². The van der Waals surface area contributed by atoms with Crippen LogP contribution in [0, 0.1) is 0 Å². The van der Waals surface area contributed by atoms with Crippen LogP contribution in [0.1, 0.15) is 75.7 Å². The summed E-state index contributed by atoms with van der Waals surface area (Å²) in [7, 11) is 0. The third kappa shape index (κ3) is 5.52. The molecule has 2 spiro atoms. The van der Waals surface area contributed by atoms with Gasteiger partial charge in [0.25, 0.3) is 0 Å². The molecule has 7 rings (SSSR count). The fourth-order valence-corrected chi connectivity index (χ4v) is 7.10. The van der Waals surface area contributed by atoms with Crippen molar-refractivity contribution in [1.29, 1.82) is 0 Å². The highest BCUT2D eigenvalue weighted by Gasteiger charge is 2.68. The predicted octanol–water partition coefficient (Wildman–Crippen LogP) is 4.66. The van der Waals surface area contributed by atoms with E-state index in [9.17, 15) is 9.59 Å². The van der Waals surface area contributed by atoms with Crippen molar-refractivity contribution in [1.82, 2.24) is 10.6 Å². The highest BCUT2D eigenvalue weighted by molar-refractivity contribution is 5.68. The molecule has 12 heteroatoms. The SMILES string of the molecule is O=C(NCc1ccco1)OC1[C@H]2OC3(CCCCC3)O[C@H]2C(OC(=O)NCc2ccco2)[C@@H]2OC3(CCCCC3)O[C@@H]12. The Kier molecular flexibility index (Phi) is 7.63. The summed E-state index contributed by atoms with van der Waals surface area (Å²) >= 11 is 0. The molecule has 3 aliphatic carbocycles. The Morgan fingerprint density at radius 1 is 0.643 bits per heavy atom. The smallest absolute Gasteiger partial charge is 0.407 e. The van der Waals surface area contributed by atoms with Crippen molar-refractivity contribution in [3.8, 4) is 0 Å². The number of alkyl carbamates (subject to hydrolysis) is 2. The zero-order valence-corrected chi connectivity index (χ0v) is 23.5. The first-order chi connectivity index (χ1) is 20.5. The van der Waals surface area contributed by atoms with Gasteiger partial charge in [0.2, 0.25) is 0 Å². The minimum Gasteiger partial charge on any atom is -0.467 e. The van der Waals surface area contributed by atoms with E-state index in [1.54, 1.807) is 36.8 Å². The van der Waals surface area contributed by atoms with E-state index in [0.29, 0.717) is 37.2 Å². The lowest BCUT2D eigenvalue weighted by Crippen LogP contribution is -2.64. The maximum Gasteiger partial charge on any atom is 0.407 e. The predicted molar refractivity (Wildman–Crippen MR) is 143 cm³/mol. The quantitative estimate of drug-likeness (QED) is 0.491. The second kappa shape index (κ2) is 11.6. The molecule has 2 amide bonds. The van der Waals surface area contributed by atoms with Crippen LogP contribution in [0.4, 0.5) is 9.59 Å². The van der Waals surface area contributed by atoms with Crippen molar-refractivity contribution >= 4 is 12.2 Å². The number of nitrogens with one attached hydrogen (secondary N) is 2. The number of ether oxygens (including phenoxy) is 6. The Bertz CT molecular complexity index is 1080. The molecular formula is C30H38N2O10. The Balaban J connectivity index is 1.15. The summed E-state index contributed by atoms with van der Waals surface area (Å²) in [4.78, 5) is 26.2. The van der Waals surface area contributed by atoms with E-state index >= 15 is 0 Å². The molecule has 5 fully saturated rings. The number of hydrogen-bond donors (Lipinski definition) is 2.